The van der Waals surface area contributed by atoms with E-state index >= 15 is 0 Å². The number of rotatable bonds is 4. The Morgan fingerprint density at radius 3 is 2.34 bits per heavy atom. The molecule has 0 unspecified atom stereocenters. The number of benzene rings is 4. The van der Waals surface area contributed by atoms with Gasteiger partial charge < -0.3 is 8.60 Å². The minimum absolute atomic E-state index is 0.0866. The van der Waals surface area contributed by atoms with E-state index in [2.05, 4.69) is 4.98 Å². The van der Waals surface area contributed by atoms with Crippen molar-refractivity contribution in [1.82, 2.24) is 4.98 Å². The summed E-state index contributed by atoms with van der Waals surface area (Å²) in [5.41, 5.74) is 1.78. The van der Waals surface area contributed by atoms with Gasteiger partial charge in [-0.15, -0.1) is 0 Å². The van der Waals surface area contributed by atoms with Crippen LogP contribution in [0.3, 0.4) is 0 Å². The molecule has 4 aromatic carbocycles. The van der Waals surface area contributed by atoms with Gasteiger partial charge in [0.25, 0.3) is 0 Å². The molecule has 142 valence electrons. The van der Waals surface area contributed by atoms with E-state index in [1.807, 2.05) is 42.5 Å². The van der Waals surface area contributed by atoms with Crippen LogP contribution in [0.15, 0.2) is 100 Å². The number of hydrogen-bond acceptors (Lipinski definition) is 5. The van der Waals surface area contributed by atoms with Crippen molar-refractivity contribution in [2.45, 2.75) is 4.90 Å². The summed E-state index contributed by atoms with van der Waals surface area (Å²) in [7, 11) is -4.03. The lowest BCUT2D eigenvalue weighted by Crippen LogP contribution is -2.10. The largest absolute Gasteiger partial charge is 0.436 e. The standard InChI is InChI=1S/C23H15NO4S/c25-29(26,18-14-13-16-7-1-2-8-17(16)15-18)28-21-11-5-3-9-19(21)23-24-20-10-4-6-12-22(20)27-23/h1-15H. The summed E-state index contributed by atoms with van der Waals surface area (Å²) in [5, 5.41) is 1.78. The SMILES string of the molecule is O=S(=O)(Oc1ccccc1-c1nc2ccccc2o1)c1ccc2ccccc2c1. The van der Waals surface area contributed by atoms with Gasteiger partial charge in [-0.1, -0.05) is 54.6 Å². The van der Waals surface area contributed by atoms with E-state index in [9.17, 15) is 8.42 Å². The Kier molecular flexibility index (Phi) is 4.07. The first-order valence-corrected chi connectivity index (χ1v) is 10.4. The van der Waals surface area contributed by atoms with Gasteiger partial charge in [-0.25, -0.2) is 4.98 Å². The van der Waals surface area contributed by atoms with Crippen LogP contribution in [0.5, 0.6) is 5.75 Å². The maximum Gasteiger partial charge on any atom is 0.339 e. The Morgan fingerprint density at radius 1 is 0.759 bits per heavy atom. The molecule has 0 radical (unpaired) electrons. The van der Waals surface area contributed by atoms with Crippen LogP contribution >= 0.6 is 0 Å². The molecule has 5 nitrogen and oxygen atoms in total. The fourth-order valence-electron chi connectivity index (χ4n) is 3.19. The number of para-hydroxylation sites is 3. The summed E-state index contributed by atoms with van der Waals surface area (Å²) < 4.78 is 37.1. The lowest BCUT2D eigenvalue weighted by molar-refractivity contribution is 0.485. The van der Waals surface area contributed by atoms with E-state index in [-0.39, 0.29) is 10.6 Å². The zero-order chi connectivity index (χ0) is 19.8. The van der Waals surface area contributed by atoms with E-state index in [1.165, 1.54) is 0 Å². The van der Waals surface area contributed by atoms with Gasteiger partial charge in [-0.05, 0) is 47.2 Å². The smallest absolute Gasteiger partial charge is 0.339 e. The Hall–Kier alpha value is -3.64. The summed E-state index contributed by atoms with van der Waals surface area (Å²) in [6, 6.07) is 26.6. The molecule has 0 aliphatic rings. The monoisotopic (exact) mass is 401 g/mol. The highest BCUT2D eigenvalue weighted by Gasteiger charge is 2.21. The molecule has 0 atom stereocenters. The van der Waals surface area contributed by atoms with Gasteiger partial charge in [0.2, 0.25) is 5.89 Å². The van der Waals surface area contributed by atoms with Gasteiger partial charge in [0.15, 0.2) is 11.3 Å². The van der Waals surface area contributed by atoms with Crippen LogP contribution in [-0.2, 0) is 10.1 Å². The van der Waals surface area contributed by atoms with Crippen molar-refractivity contribution in [2.24, 2.45) is 0 Å². The second kappa shape index (κ2) is 6.76. The molecule has 0 N–H and O–H groups in total. The fourth-order valence-corrected chi connectivity index (χ4v) is 4.18. The van der Waals surface area contributed by atoms with E-state index < -0.39 is 10.1 Å². The van der Waals surface area contributed by atoms with Crippen molar-refractivity contribution in [3.63, 3.8) is 0 Å². The van der Waals surface area contributed by atoms with Crippen LogP contribution < -0.4 is 4.18 Å². The van der Waals surface area contributed by atoms with Gasteiger partial charge >= 0.3 is 10.1 Å². The summed E-state index contributed by atoms with van der Waals surface area (Å²) in [4.78, 5) is 4.53. The van der Waals surface area contributed by atoms with Gasteiger partial charge in [-0.3, -0.25) is 0 Å². The molecule has 0 amide bonds. The molecule has 29 heavy (non-hydrogen) atoms. The number of nitrogens with zero attached hydrogens (tertiary/aromatic N) is 1. The third-order valence-corrected chi connectivity index (χ3v) is 5.85. The Balaban J connectivity index is 1.56. The van der Waals surface area contributed by atoms with E-state index in [1.54, 1.807) is 48.5 Å². The predicted molar refractivity (Wildman–Crippen MR) is 111 cm³/mol. The van der Waals surface area contributed by atoms with Gasteiger partial charge in [0, 0.05) is 0 Å². The fraction of sp³-hybridized carbons (Fsp3) is 0. The summed E-state index contributed by atoms with van der Waals surface area (Å²) in [5.74, 6) is 0.461. The maximum absolute atomic E-state index is 12.9. The average molecular weight is 401 g/mol. The third kappa shape index (κ3) is 3.23. The van der Waals surface area contributed by atoms with Crippen LogP contribution in [0.4, 0.5) is 0 Å². The topological polar surface area (TPSA) is 69.4 Å². The quantitative estimate of drug-likeness (QED) is 0.376. The number of fused-ring (bicyclic) bond motifs is 2. The minimum Gasteiger partial charge on any atom is -0.436 e. The van der Waals surface area contributed by atoms with Gasteiger partial charge in [-0.2, -0.15) is 8.42 Å². The van der Waals surface area contributed by atoms with E-state index in [0.29, 0.717) is 22.6 Å². The predicted octanol–water partition coefficient (Wildman–Crippen LogP) is 5.42. The number of aromatic nitrogens is 1. The maximum atomic E-state index is 12.9. The van der Waals surface area contributed by atoms with Crippen LogP contribution in [0.1, 0.15) is 0 Å². The second-order valence-corrected chi connectivity index (χ2v) is 8.08. The molecule has 0 saturated heterocycles. The lowest BCUT2D eigenvalue weighted by Gasteiger charge is -2.10. The van der Waals surface area contributed by atoms with Crippen molar-refractivity contribution in [3.05, 3.63) is 91.0 Å². The zero-order valence-corrected chi connectivity index (χ0v) is 16.0. The first kappa shape index (κ1) is 17.5. The molecule has 0 fully saturated rings. The van der Waals surface area contributed by atoms with Crippen LogP contribution in [0.2, 0.25) is 0 Å². The molecule has 6 heteroatoms. The molecular weight excluding hydrogens is 386 g/mol. The molecule has 5 rings (SSSR count). The zero-order valence-electron chi connectivity index (χ0n) is 15.1. The Bertz CT molecular complexity index is 1420. The first-order valence-electron chi connectivity index (χ1n) is 8.98. The molecule has 0 spiro atoms. The van der Waals surface area contributed by atoms with Crippen LogP contribution in [-0.4, -0.2) is 13.4 Å². The molecule has 0 aliphatic carbocycles. The molecule has 1 heterocycles. The Labute approximate surface area is 167 Å². The van der Waals surface area contributed by atoms with Crippen molar-refractivity contribution >= 4 is 32.0 Å². The molecule has 0 saturated carbocycles. The normalized spacial score (nSPS) is 11.7. The van der Waals surface area contributed by atoms with Gasteiger partial charge in [0.1, 0.15) is 10.4 Å². The van der Waals surface area contributed by atoms with Crippen molar-refractivity contribution in [2.75, 3.05) is 0 Å². The van der Waals surface area contributed by atoms with Crippen LogP contribution in [0.25, 0.3) is 33.3 Å². The minimum atomic E-state index is -4.03. The van der Waals surface area contributed by atoms with Crippen LogP contribution in [0, 0.1) is 0 Å². The average Bonchev–Trinajstić information content (AvgIpc) is 3.17. The van der Waals surface area contributed by atoms with Gasteiger partial charge in [0.05, 0.1) is 5.56 Å². The van der Waals surface area contributed by atoms with Crippen molar-refractivity contribution in [3.8, 4) is 17.2 Å². The lowest BCUT2D eigenvalue weighted by atomic mass is 10.1. The second-order valence-electron chi connectivity index (χ2n) is 6.53. The molecule has 5 aromatic rings. The highest BCUT2D eigenvalue weighted by Crippen LogP contribution is 2.33. The van der Waals surface area contributed by atoms with Crippen molar-refractivity contribution < 1.29 is 17.0 Å². The van der Waals surface area contributed by atoms with E-state index in [4.69, 9.17) is 8.60 Å². The summed E-state index contributed by atoms with van der Waals surface area (Å²) >= 11 is 0. The van der Waals surface area contributed by atoms with Crippen molar-refractivity contribution in [1.29, 1.82) is 0 Å². The first-order chi connectivity index (χ1) is 14.1. The third-order valence-electron chi connectivity index (χ3n) is 4.62. The van der Waals surface area contributed by atoms with E-state index in [0.717, 1.165) is 10.8 Å². The summed E-state index contributed by atoms with van der Waals surface area (Å²) in [6.45, 7) is 0. The molecule has 0 bridgehead atoms. The summed E-state index contributed by atoms with van der Waals surface area (Å²) in [6.07, 6.45) is 0. The molecule has 1 aromatic heterocycles. The Morgan fingerprint density at radius 2 is 1.48 bits per heavy atom. The number of hydrogen-bond donors (Lipinski definition) is 0. The highest BCUT2D eigenvalue weighted by atomic mass is 32.2. The molecular formula is C23H15NO4S. The highest BCUT2D eigenvalue weighted by molar-refractivity contribution is 7.87. The number of oxazole rings is 1. The molecule has 0 aliphatic heterocycles.